The van der Waals surface area contributed by atoms with Gasteiger partial charge >= 0.3 is 0 Å². The molecule has 0 aromatic carbocycles. The van der Waals surface area contributed by atoms with E-state index in [2.05, 4.69) is 40.0 Å². The fourth-order valence-electron chi connectivity index (χ4n) is 1.78. The van der Waals surface area contributed by atoms with Crippen LogP contribution in [0.1, 0.15) is 16.7 Å². The third kappa shape index (κ3) is 3.19. The van der Waals surface area contributed by atoms with Crippen LogP contribution in [0, 0.1) is 0 Å². The smallest absolute Gasteiger partial charge is 0.117 e. The number of nitrogens with zero attached hydrogens (tertiary/aromatic N) is 1. The molecule has 5 heteroatoms. The average Bonchev–Trinajstić information content (AvgIpc) is 2.91. The molecule has 2 rings (SSSR count). The monoisotopic (exact) mass is 314 g/mol. The highest BCUT2D eigenvalue weighted by Gasteiger charge is 2.18. The lowest BCUT2D eigenvalue weighted by molar-refractivity contribution is 0.226. The van der Waals surface area contributed by atoms with E-state index in [0.717, 1.165) is 16.1 Å². The zero-order valence-electron chi connectivity index (χ0n) is 9.60. The maximum Gasteiger partial charge on any atom is 0.117 e. The zero-order valence-corrected chi connectivity index (χ0v) is 12.0. The number of rotatable bonds is 5. The summed E-state index contributed by atoms with van der Waals surface area (Å²) in [5.74, 6) is 0.960. The van der Waals surface area contributed by atoms with Crippen LogP contribution in [-0.4, -0.2) is 18.5 Å². The second-order valence-electron chi connectivity index (χ2n) is 3.89. The van der Waals surface area contributed by atoms with E-state index in [1.54, 1.807) is 17.6 Å². The molecule has 2 N–H and O–H groups in total. The van der Waals surface area contributed by atoms with Crippen LogP contribution in [0.5, 0.6) is 0 Å². The number of hydrogen-bond acceptors (Lipinski definition) is 4. The molecule has 0 fully saturated rings. The van der Waals surface area contributed by atoms with Gasteiger partial charge in [0.1, 0.15) is 5.76 Å². The Morgan fingerprint density at radius 2 is 2.29 bits per heavy atom. The molecule has 2 aromatic heterocycles. The number of likely N-dealkylation sites (N-methyl/N-ethyl adjacent to an activating group) is 1. The van der Waals surface area contributed by atoms with Gasteiger partial charge in [-0.15, -0.1) is 11.3 Å². The predicted octanol–water partition coefficient (Wildman–Crippen LogP) is 3.24. The predicted molar refractivity (Wildman–Crippen MR) is 74.0 cm³/mol. The van der Waals surface area contributed by atoms with E-state index in [9.17, 15) is 0 Å². The fraction of sp³-hybridized carbons (Fsp3) is 0.333. The molecule has 0 bridgehead atoms. The summed E-state index contributed by atoms with van der Waals surface area (Å²) < 4.78 is 6.49. The van der Waals surface area contributed by atoms with Crippen LogP contribution in [0.4, 0.5) is 0 Å². The first-order valence-electron chi connectivity index (χ1n) is 5.38. The molecule has 0 aliphatic carbocycles. The highest BCUT2D eigenvalue weighted by atomic mass is 79.9. The van der Waals surface area contributed by atoms with Gasteiger partial charge in [-0.1, -0.05) is 0 Å². The lowest BCUT2D eigenvalue weighted by Crippen LogP contribution is -2.29. The topological polar surface area (TPSA) is 42.4 Å². The van der Waals surface area contributed by atoms with Crippen molar-refractivity contribution in [1.82, 2.24) is 4.90 Å². The molecule has 3 nitrogen and oxygen atoms in total. The molecule has 0 saturated heterocycles. The Labute approximate surface area is 113 Å². The van der Waals surface area contributed by atoms with Crippen LogP contribution < -0.4 is 5.73 Å². The molecule has 0 amide bonds. The van der Waals surface area contributed by atoms with Crippen molar-refractivity contribution >= 4 is 27.3 Å². The number of nitrogens with two attached hydrogens (primary N) is 1. The molecule has 1 atom stereocenters. The van der Waals surface area contributed by atoms with Crippen molar-refractivity contribution in [2.45, 2.75) is 12.6 Å². The SMILES string of the molecule is CN(Cc1ccco1)C(CN)c1ccc(Br)s1. The van der Waals surface area contributed by atoms with Crippen LogP contribution in [0.25, 0.3) is 0 Å². The lowest BCUT2D eigenvalue weighted by atomic mass is 10.2. The summed E-state index contributed by atoms with van der Waals surface area (Å²) in [5.41, 5.74) is 5.86. The van der Waals surface area contributed by atoms with E-state index < -0.39 is 0 Å². The van der Waals surface area contributed by atoms with Crippen LogP contribution in [-0.2, 0) is 6.54 Å². The van der Waals surface area contributed by atoms with Gasteiger partial charge in [-0.05, 0) is 47.2 Å². The molecular weight excluding hydrogens is 300 g/mol. The Hall–Kier alpha value is -0.620. The Balaban J connectivity index is 2.07. The van der Waals surface area contributed by atoms with Gasteiger partial charge in [-0.2, -0.15) is 0 Å². The molecule has 2 aromatic rings. The fourth-order valence-corrected chi connectivity index (χ4v) is 3.38. The summed E-state index contributed by atoms with van der Waals surface area (Å²) in [6.45, 7) is 1.37. The van der Waals surface area contributed by atoms with Gasteiger partial charge in [0.2, 0.25) is 0 Å². The Morgan fingerprint density at radius 3 is 2.82 bits per heavy atom. The van der Waals surface area contributed by atoms with Crippen molar-refractivity contribution in [1.29, 1.82) is 0 Å². The lowest BCUT2D eigenvalue weighted by Gasteiger charge is -2.25. The average molecular weight is 315 g/mol. The summed E-state index contributed by atoms with van der Waals surface area (Å²) >= 11 is 5.21. The van der Waals surface area contributed by atoms with Gasteiger partial charge in [0, 0.05) is 11.4 Å². The minimum atomic E-state index is 0.233. The number of thiophene rings is 1. The highest BCUT2D eigenvalue weighted by molar-refractivity contribution is 9.11. The molecule has 0 aliphatic heterocycles. The third-order valence-electron chi connectivity index (χ3n) is 2.66. The van der Waals surface area contributed by atoms with E-state index in [0.29, 0.717) is 6.54 Å². The maximum absolute atomic E-state index is 5.86. The molecule has 0 radical (unpaired) electrons. The Kier molecular flexibility index (Phi) is 4.39. The first-order valence-corrected chi connectivity index (χ1v) is 6.99. The van der Waals surface area contributed by atoms with Gasteiger partial charge in [0.25, 0.3) is 0 Å². The van der Waals surface area contributed by atoms with Crippen molar-refractivity contribution in [3.8, 4) is 0 Å². The van der Waals surface area contributed by atoms with E-state index in [1.165, 1.54) is 4.88 Å². The Bertz CT molecular complexity index is 455. The second kappa shape index (κ2) is 5.82. The number of hydrogen-bond donors (Lipinski definition) is 1. The van der Waals surface area contributed by atoms with Crippen LogP contribution >= 0.6 is 27.3 Å². The summed E-state index contributed by atoms with van der Waals surface area (Å²) in [6.07, 6.45) is 1.70. The van der Waals surface area contributed by atoms with Crippen molar-refractivity contribution in [3.63, 3.8) is 0 Å². The van der Waals surface area contributed by atoms with E-state index >= 15 is 0 Å². The molecule has 0 aliphatic rings. The van der Waals surface area contributed by atoms with Gasteiger partial charge in [-0.3, -0.25) is 4.90 Å². The molecule has 0 saturated carbocycles. The summed E-state index contributed by atoms with van der Waals surface area (Å²) in [6, 6.07) is 8.29. The molecule has 0 spiro atoms. The molecular formula is C12H15BrN2OS. The van der Waals surface area contributed by atoms with Gasteiger partial charge in [0.15, 0.2) is 0 Å². The van der Waals surface area contributed by atoms with Crippen molar-refractivity contribution in [3.05, 3.63) is 45.0 Å². The van der Waals surface area contributed by atoms with Gasteiger partial charge in [0.05, 0.1) is 22.6 Å². The molecule has 1 unspecified atom stereocenters. The first-order chi connectivity index (χ1) is 8.20. The first kappa shape index (κ1) is 12.8. The van der Waals surface area contributed by atoms with Crippen molar-refractivity contribution < 1.29 is 4.42 Å². The largest absolute Gasteiger partial charge is 0.468 e. The number of furan rings is 1. The number of halogens is 1. The Morgan fingerprint density at radius 1 is 1.47 bits per heavy atom. The summed E-state index contributed by atoms with van der Waals surface area (Å²) in [7, 11) is 2.06. The van der Waals surface area contributed by atoms with Gasteiger partial charge in [-0.25, -0.2) is 0 Å². The van der Waals surface area contributed by atoms with Crippen molar-refractivity contribution in [2.24, 2.45) is 5.73 Å². The molecule has 17 heavy (non-hydrogen) atoms. The third-order valence-corrected chi connectivity index (χ3v) is 4.39. The van der Waals surface area contributed by atoms with Crippen LogP contribution in [0.15, 0.2) is 38.7 Å². The van der Waals surface area contributed by atoms with Crippen molar-refractivity contribution in [2.75, 3.05) is 13.6 Å². The van der Waals surface area contributed by atoms with Crippen LogP contribution in [0.2, 0.25) is 0 Å². The van der Waals surface area contributed by atoms with E-state index in [1.807, 2.05) is 12.1 Å². The zero-order chi connectivity index (χ0) is 12.3. The highest BCUT2D eigenvalue weighted by Crippen LogP contribution is 2.30. The van der Waals surface area contributed by atoms with E-state index in [4.69, 9.17) is 10.2 Å². The molecule has 92 valence electrons. The second-order valence-corrected chi connectivity index (χ2v) is 6.38. The summed E-state index contributed by atoms with van der Waals surface area (Å²) in [4.78, 5) is 3.48. The maximum atomic E-state index is 5.86. The minimum Gasteiger partial charge on any atom is -0.468 e. The normalized spacial score (nSPS) is 13.2. The minimum absolute atomic E-state index is 0.233. The summed E-state index contributed by atoms with van der Waals surface area (Å²) in [5, 5.41) is 0. The van der Waals surface area contributed by atoms with E-state index in [-0.39, 0.29) is 6.04 Å². The standard InChI is InChI=1S/C12H15BrN2OS/c1-15(8-9-3-2-6-16-9)10(7-14)11-4-5-12(13)17-11/h2-6,10H,7-8,14H2,1H3. The van der Waals surface area contributed by atoms with Gasteiger partial charge < -0.3 is 10.2 Å². The molecule has 2 heterocycles. The van der Waals surface area contributed by atoms with Crippen LogP contribution in [0.3, 0.4) is 0 Å². The quantitative estimate of drug-likeness (QED) is 0.921.